The zero-order chi connectivity index (χ0) is 19.8. The van der Waals surface area contributed by atoms with Crippen molar-refractivity contribution in [2.45, 2.75) is 13.2 Å². The number of ether oxygens (including phenoxy) is 2. The molecule has 3 aromatic rings. The molecule has 1 amide bonds. The maximum atomic E-state index is 12.9. The van der Waals surface area contributed by atoms with E-state index in [9.17, 15) is 14.0 Å². The van der Waals surface area contributed by atoms with Crippen LogP contribution in [-0.4, -0.2) is 18.4 Å². The molecular weight excluding hydrogens is 365 g/mol. The molecule has 0 aliphatic heterocycles. The first kappa shape index (κ1) is 19.2. The van der Waals surface area contributed by atoms with E-state index in [-0.39, 0.29) is 31.3 Å². The Labute approximate surface area is 160 Å². The predicted octanol–water partition coefficient (Wildman–Crippen LogP) is 3.47. The standard InChI is InChI=1S/C21H18FNO5/c22-16-6-8-17(9-7-16)26-14-18-10-11-19(28-18)21(25)23-12-20(24)27-13-15-4-2-1-3-5-15/h1-11H,12-14H2,(H,23,25). The lowest BCUT2D eigenvalue weighted by Gasteiger charge is -2.06. The highest BCUT2D eigenvalue weighted by Crippen LogP contribution is 2.15. The zero-order valence-electron chi connectivity index (χ0n) is 14.9. The number of halogens is 1. The molecule has 0 aliphatic carbocycles. The fraction of sp³-hybridized carbons (Fsp3) is 0.143. The van der Waals surface area contributed by atoms with Crippen molar-refractivity contribution in [1.29, 1.82) is 0 Å². The number of amides is 1. The molecule has 0 spiro atoms. The molecule has 6 nitrogen and oxygen atoms in total. The molecule has 0 saturated heterocycles. The van der Waals surface area contributed by atoms with Gasteiger partial charge < -0.3 is 19.2 Å². The number of carbonyl (C=O) groups is 2. The molecule has 1 N–H and O–H groups in total. The summed E-state index contributed by atoms with van der Waals surface area (Å²) < 4.78 is 28.8. The van der Waals surface area contributed by atoms with Gasteiger partial charge in [0, 0.05) is 0 Å². The normalized spacial score (nSPS) is 10.3. The van der Waals surface area contributed by atoms with Crippen molar-refractivity contribution in [3.05, 3.63) is 89.6 Å². The lowest BCUT2D eigenvalue weighted by Crippen LogP contribution is -2.30. The van der Waals surface area contributed by atoms with Gasteiger partial charge in [0.05, 0.1) is 0 Å². The average molecular weight is 383 g/mol. The molecule has 0 aliphatic rings. The SMILES string of the molecule is O=C(CNC(=O)c1ccc(COc2ccc(F)cc2)o1)OCc1ccccc1. The molecule has 1 heterocycles. The van der Waals surface area contributed by atoms with Gasteiger partial charge in [-0.15, -0.1) is 0 Å². The van der Waals surface area contributed by atoms with Gasteiger partial charge in [-0.1, -0.05) is 30.3 Å². The predicted molar refractivity (Wildman–Crippen MR) is 98.0 cm³/mol. The van der Waals surface area contributed by atoms with Crippen LogP contribution in [0.25, 0.3) is 0 Å². The summed E-state index contributed by atoms with van der Waals surface area (Å²) in [6.07, 6.45) is 0. The van der Waals surface area contributed by atoms with E-state index in [1.165, 1.54) is 30.3 Å². The molecule has 0 radical (unpaired) electrons. The number of hydrogen-bond acceptors (Lipinski definition) is 5. The highest BCUT2D eigenvalue weighted by atomic mass is 19.1. The van der Waals surface area contributed by atoms with Gasteiger partial charge in [0.15, 0.2) is 5.76 Å². The van der Waals surface area contributed by atoms with E-state index < -0.39 is 11.9 Å². The van der Waals surface area contributed by atoms with Crippen molar-refractivity contribution in [1.82, 2.24) is 5.32 Å². The molecule has 0 saturated carbocycles. The van der Waals surface area contributed by atoms with E-state index in [4.69, 9.17) is 13.9 Å². The van der Waals surface area contributed by atoms with E-state index in [1.54, 1.807) is 6.07 Å². The molecule has 0 unspecified atom stereocenters. The quantitative estimate of drug-likeness (QED) is 0.603. The van der Waals surface area contributed by atoms with Crippen molar-refractivity contribution >= 4 is 11.9 Å². The Bertz CT molecular complexity index is 921. The van der Waals surface area contributed by atoms with Crippen LogP contribution >= 0.6 is 0 Å². The zero-order valence-corrected chi connectivity index (χ0v) is 14.9. The first-order valence-electron chi connectivity index (χ1n) is 8.55. The highest BCUT2D eigenvalue weighted by Gasteiger charge is 2.13. The van der Waals surface area contributed by atoms with E-state index in [2.05, 4.69) is 5.32 Å². The largest absolute Gasteiger partial charge is 0.486 e. The summed E-state index contributed by atoms with van der Waals surface area (Å²) in [5, 5.41) is 2.44. The summed E-state index contributed by atoms with van der Waals surface area (Å²) in [6.45, 7) is -0.0486. The molecule has 0 atom stereocenters. The Morgan fingerprint density at radius 3 is 2.43 bits per heavy atom. The van der Waals surface area contributed by atoms with Crippen LogP contribution in [0.2, 0.25) is 0 Å². The molecule has 7 heteroatoms. The van der Waals surface area contributed by atoms with Gasteiger partial charge in [0.2, 0.25) is 0 Å². The van der Waals surface area contributed by atoms with Crippen LogP contribution < -0.4 is 10.1 Å². The van der Waals surface area contributed by atoms with E-state index in [1.807, 2.05) is 30.3 Å². The number of nitrogens with one attached hydrogen (secondary N) is 1. The number of benzene rings is 2. The van der Waals surface area contributed by atoms with Crippen molar-refractivity contribution < 1.29 is 27.9 Å². The summed E-state index contributed by atoms with van der Waals surface area (Å²) in [6, 6.07) is 17.9. The minimum absolute atomic E-state index is 0.0496. The lowest BCUT2D eigenvalue weighted by atomic mass is 10.2. The van der Waals surface area contributed by atoms with Crippen molar-refractivity contribution in [3.63, 3.8) is 0 Å². The van der Waals surface area contributed by atoms with E-state index >= 15 is 0 Å². The summed E-state index contributed by atoms with van der Waals surface area (Å²) in [5.74, 6) is -0.500. The lowest BCUT2D eigenvalue weighted by molar-refractivity contribution is -0.143. The van der Waals surface area contributed by atoms with Gasteiger partial charge in [0.1, 0.15) is 37.1 Å². The second-order valence-electron chi connectivity index (χ2n) is 5.84. The molecule has 3 rings (SSSR count). The van der Waals surface area contributed by atoms with Crippen LogP contribution in [0, 0.1) is 5.82 Å². The van der Waals surface area contributed by atoms with Crippen LogP contribution in [-0.2, 0) is 22.7 Å². The third-order valence-corrected chi connectivity index (χ3v) is 3.72. The van der Waals surface area contributed by atoms with Gasteiger partial charge in [-0.2, -0.15) is 0 Å². The Balaban J connectivity index is 1.42. The Morgan fingerprint density at radius 1 is 0.929 bits per heavy atom. The van der Waals surface area contributed by atoms with Crippen LogP contribution in [0.5, 0.6) is 5.75 Å². The summed E-state index contributed by atoms with van der Waals surface area (Å²) >= 11 is 0. The summed E-state index contributed by atoms with van der Waals surface area (Å²) in [5.41, 5.74) is 0.860. The van der Waals surface area contributed by atoms with Gasteiger partial charge in [-0.3, -0.25) is 9.59 Å². The van der Waals surface area contributed by atoms with Crippen LogP contribution in [0.15, 0.2) is 71.1 Å². The van der Waals surface area contributed by atoms with Gasteiger partial charge in [-0.05, 0) is 42.0 Å². The number of carbonyl (C=O) groups excluding carboxylic acids is 2. The van der Waals surface area contributed by atoms with Crippen LogP contribution in [0.3, 0.4) is 0 Å². The second kappa shape index (κ2) is 9.36. The van der Waals surface area contributed by atoms with Crippen LogP contribution in [0.1, 0.15) is 21.9 Å². The molecule has 2 aromatic carbocycles. The minimum Gasteiger partial charge on any atom is -0.486 e. The number of hydrogen-bond donors (Lipinski definition) is 1. The van der Waals surface area contributed by atoms with Gasteiger partial charge in [0.25, 0.3) is 5.91 Å². The Hall–Kier alpha value is -3.61. The minimum atomic E-state index is -0.552. The van der Waals surface area contributed by atoms with E-state index in [0.717, 1.165) is 5.56 Å². The third kappa shape index (κ3) is 5.70. The first-order valence-corrected chi connectivity index (χ1v) is 8.55. The highest BCUT2D eigenvalue weighted by molar-refractivity contribution is 5.93. The number of esters is 1. The van der Waals surface area contributed by atoms with Crippen molar-refractivity contribution in [2.24, 2.45) is 0 Å². The summed E-state index contributed by atoms with van der Waals surface area (Å²) in [4.78, 5) is 23.8. The first-order chi connectivity index (χ1) is 13.6. The molecule has 144 valence electrons. The van der Waals surface area contributed by atoms with Crippen LogP contribution in [0.4, 0.5) is 4.39 Å². The molecule has 28 heavy (non-hydrogen) atoms. The fourth-order valence-electron chi connectivity index (χ4n) is 2.29. The maximum absolute atomic E-state index is 12.9. The van der Waals surface area contributed by atoms with Gasteiger partial charge in [-0.25, -0.2) is 4.39 Å². The molecular formula is C21H18FNO5. The Morgan fingerprint density at radius 2 is 1.68 bits per heavy atom. The van der Waals surface area contributed by atoms with Crippen molar-refractivity contribution in [3.8, 4) is 5.75 Å². The second-order valence-corrected chi connectivity index (χ2v) is 5.84. The molecule has 1 aromatic heterocycles. The maximum Gasteiger partial charge on any atom is 0.325 e. The Kier molecular flexibility index (Phi) is 6.41. The number of rotatable bonds is 8. The van der Waals surface area contributed by atoms with Crippen molar-refractivity contribution in [2.75, 3.05) is 6.54 Å². The topological polar surface area (TPSA) is 77.8 Å². The monoisotopic (exact) mass is 383 g/mol. The summed E-state index contributed by atoms with van der Waals surface area (Å²) in [7, 11) is 0. The third-order valence-electron chi connectivity index (χ3n) is 3.72. The average Bonchev–Trinajstić information content (AvgIpc) is 3.20. The molecule has 0 fully saturated rings. The van der Waals surface area contributed by atoms with Gasteiger partial charge >= 0.3 is 5.97 Å². The smallest absolute Gasteiger partial charge is 0.325 e. The number of furan rings is 1. The molecule has 0 bridgehead atoms. The fourth-order valence-corrected chi connectivity index (χ4v) is 2.29. The van der Waals surface area contributed by atoms with E-state index in [0.29, 0.717) is 11.5 Å².